The van der Waals surface area contributed by atoms with Gasteiger partial charge in [-0.25, -0.2) is 0 Å². The van der Waals surface area contributed by atoms with Crippen molar-refractivity contribution in [1.82, 2.24) is 4.90 Å². The normalized spacial score (nSPS) is 10.9. The molecule has 0 amide bonds. The molecule has 1 aromatic carbocycles. The molecular formula is C15H24ClNO. The van der Waals surface area contributed by atoms with E-state index in [1.165, 1.54) is 24.8 Å². The van der Waals surface area contributed by atoms with Crippen LogP contribution in [-0.4, -0.2) is 31.5 Å². The van der Waals surface area contributed by atoms with E-state index in [1.54, 1.807) is 7.11 Å². The molecule has 0 atom stereocenters. The van der Waals surface area contributed by atoms with Crippen molar-refractivity contribution in [3.8, 4) is 5.75 Å². The number of hydrogen-bond acceptors (Lipinski definition) is 2. The lowest BCUT2D eigenvalue weighted by molar-refractivity contribution is 0.317. The second-order valence-corrected chi connectivity index (χ2v) is 5.07. The van der Waals surface area contributed by atoms with Crippen LogP contribution in [0.15, 0.2) is 24.3 Å². The smallest absolute Gasteiger partial charge is 0.118 e. The zero-order chi connectivity index (χ0) is 13.2. The molecule has 0 radical (unpaired) electrons. The summed E-state index contributed by atoms with van der Waals surface area (Å²) in [5.41, 5.74) is 1.33. The van der Waals surface area contributed by atoms with Gasteiger partial charge in [0.05, 0.1) is 7.11 Å². The third-order valence-corrected chi connectivity index (χ3v) is 3.30. The number of benzene rings is 1. The second-order valence-electron chi connectivity index (χ2n) is 4.69. The van der Waals surface area contributed by atoms with E-state index in [1.807, 2.05) is 12.1 Å². The van der Waals surface area contributed by atoms with E-state index in [9.17, 15) is 0 Å². The topological polar surface area (TPSA) is 12.5 Å². The molecule has 0 aliphatic heterocycles. The van der Waals surface area contributed by atoms with Gasteiger partial charge < -0.3 is 9.64 Å². The van der Waals surface area contributed by atoms with Gasteiger partial charge in [-0.2, -0.15) is 0 Å². The summed E-state index contributed by atoms with van der Waals surface area (Å²) in [6.45, 7) is 2.15. The number of rotatable bonds is 9. The van der Waals surface area contributed by atoms with Gasteiger partial charge in [0, 0.05) is 12.4 Å². The number of hydrogen-bond donors (Lipinski definition) is 0. The molecule has 0 aliphatic carbocycles. The van der Waals surface area contributed by atoms with Crippen molar-refractivity contribution in [2.45, 2.75) is 32.2 Å². The molecule has 0 fully saturated rings. The monoisotopic (exact) mass is 269 g/mol. The summed E-state index contributed by atoms with van der Waals surface area (Å²) in [5, 5.41) is 0. The Morgan fingerprint density at radius 3 is 2.33 bits per heavy atom. The first kappa shape index (κ1) is 15.3. The van der Waals surface area contributed by atoms with Gasteiger partial charge in [-0.05, 0) is 44.1 Å². The summed E-state index contributed by atoms with van der Waals surface area (Å²) < 4.78 is 5.15. The Morgan fingerprint density at radius 1 is 1.06 bits per heavy atom. The number of unbranched alkanes of at least 4 members (excludes halogenated alkanes) is 3. The molecule has 2 nitrogen and oxygen atoms in total. The van der Waals surface area contributed by atoms with Gasteiger partial charge in [-0.15, -0.1) is 11.6 Å². The van der Waals surface area contributed by atoms with Gasteiger partial charge >= 0.3 is 0 Å². The summed E-state index contributed by atoms with van der Waals surface area (Å²) in [5.74, 6) is 1.71. The Morgan fingerprint density at radius 2 is 1.72 bits per heavy atom. The Kier molecular flexibility index (Phi) is 7.86. The average Bonchev–Trinajstić information content (AvgIpc) is 2.39. The quantitative estimate of drug-likeness (QED) is 0.498. The van der Waals surface area contributed by atoms with Gasteiger partial charge in [0.25, 0.3) is 0 Å². The molecule has 0 heterocycles. The van der Waals surface area contributed by atoms with Gasteiger partial charge in [-0.1, -0.05) is 25.0 Å². The van der Waals surface area contributed by atoms with Crippen LogP contribution in [0.4, 0.5) is 0 Å². The third-order valence-electron chi connectivity index (χ3n) is 3.04. The second kappa shape index (κ2) is 9.23. The fourth-order valence-corrected chi connectivity index (χ4v) is 2.14. The number of nitrogens with zero attached hydrogens (tertiary/aromatic N) is 1. The number of halogens is 1. The fraction of sp³-hybridized carbons (Fsp3) is 0.600. The lowest BCUT2D eigenvalue weighted by atomic mass is 10.2. The van der Waals surface area contributed by atoms with Crippen molar-refractivity contribution in [1.29, 1.82) is 0 Å². The van der Waals surface area contributed by atoms with E-state index >= 15 is 0 Å². The first-order valence-corrected chi connectivity index (χ1v) is 7.17. The van der Waals surface area contributed by atoms with Crippen molar-refractivity contribution in [3.63, 3.8) is 0 Å². The first-order chi connectivity index (χ1) is 8.76. The molecule has 0 aliphatic rings. The maximum atomic E-state index is 5.65. The van der Waals surface area contributed by atoms with Crippen LogP contribution in [0.5, 0.6) is 5.75 Å². The lowest BCUT2D eigenvalue weighted by Gasteiger charge is -2.16. The SMILES string of the molecule is COc1ccc(CN(C)CCCCCCCl)cc1. The van der Waals surface area contributed by atoms with E-state index in [4.69, 9.17) is 16.3 Å². The van der Waals surface area contributed by atoms with Crippen LogP contribution in [-0.2, 0) is 6.54 Å². The van der Waals surface area contributed by atoms with E-state index in [0.29, 0.717) is 0 Å². The number of alkyl halides is 1. The van der Waals surface area contributed by atoms with Crippen LogP contribution in [0.25, 0.3) is 0 Å². The molecule has 0 N–H and O–H groups in total. The Labute approximate surface area is 116 Å². The van der Waals surface area contributed by atoms with E-state index < -0.39 is 0 Å². The van der Waals surface area contributed by atoms with Crippen molar-refractivity contribution < 1.29 is 4.74 Å². The number of methoxy groups -OCH3 is 1. The third kappa shape index (κ3) is 6.27. The molecule has 1 rings (SSSR count). The minimum atomic E-state index is 0.793. The predicted octanol–water partition coefficient (Wildman–Crippen LogP) is 3.93. The number of ether oxygens (including phenoxy) is 1. The molecule has 0 bridgehead atoms. The highest BCUT2D eigenvalue weighted by Gasteiger charge is 2.00. The standard InChI is InChI=1S/C15H24ClNO/c1-17(12-6-4-3-5-11-16)13-14-7-9-15(18-2)10-8-14/h7-10H,3-6,11-13H2,1-2H3. The van der Waals surface area contributed by atoms with E-state index in [2.05, 4.69) is 24.1 Å². The molecule has 0 aromatic heterocycles. The summed E-state index contributed by atoms with van der Waals surface area (Å²) in [7, 11) is 3.87. The van der Waals surface area contributed by atoms with Gasteiger partial charge in [0.2, 0.25) is 0 Å². The molecule has 0 saturated heterocycles. The van der Waals surface area contributed by atoms with Crippen LogP contribution in [0, 0.1) is 0 Å². The molecule has 0 saturated carbocycles. The molecule has 1 aromatic rings. The molecule has 0 unspecified atom stereocenters. The first-order valence-electron chi connectivity index (χ1n) is 6.63. The summed E-state index contributed by atoms with van der Waals surface area (Å²) in [4.78, 5) is 2.36. The van der Waals surface area contributed by atoms with Crippen LogP contribution in [0.2, 0.25) is 0 Å². The molecule has 102 valence electrons. The molecule has 3 heteroatoms. The van der Waals surface area contributed by atoms with E-state index in [-0.39, 0.29) is 0 Å². The highest BCUT2D eigenvalue weighted by molar-refractivity contribution is 6.17. The van der Waals surface area contributed by atoms with Crippen LogP contribution in [0.3, 0.4) is 0 Å². The van der Waals surface area contributed by atoms with Crippen LogP contribution >= 0.6 is 11.6 Å². The van der Waals surface area contributed by atoms with Crippen LogP contribution < -0.4 is 4.74 Å². The zero-order valence-corrected chi connectivity index (χ0v) is 12.2. The minimum Gasteiger partial charge on any atom is -0.497 e. The van der Waals surface area contributed by atoms with Gasteiger partial charge in [-0.3, -0.25) is 0 Å². The highest BCUT2D eigenvalue weighted by Crippen LogP contribution is 2.13. The molecule has 0 spiro atoms. The summed E-state index contributed by atoms with van der Waals surface area (Å²) in [6.07, 6.45) is 4.92. The highest BCUT2D eigenvalue weighted by atomic mass is 35.5. The maximum Gasteiger partial charge on any atom is 0.118 e. The van der Waals surface area contributed by atoms with Crippen LogP contribution in [0.1, 0.15) is 31.2 Å². The van der Waals surface area contributed by atoms with Crippen molar-refractivity contribution in [2.24, 2.45) is 0 Å². The van der Waals surface area contributed by atoms with Gasteiger partial charge in [0.15, 0.2) is 0 Å². The Bertz CT molecular complexity index is 313. The summed E-state index contributed by atoms with van der Waals surface area (Å²) >= 11 is 5.65. The minimum absolute atomic E-state index is 0.793. The zero-order valence-electron chi connectivity index (χ0n) is 11.5. The largest absolute Gasteiger partial charge is 0.497 e. The Hall–Kier alpha value is -0.730. The Balaban J connectivity index is 2.20. The van der Waals surface area contributed by atoms with Gasteiger partial charge in [0.1, 0.15) is 5.75 Å². The lowest BCUT2D eigenvalue weighted by Crippen LogP contribution is -2.19. The fourth-order valence-electron chi connectivity index (χ4n) is 1.95. The molecule has 18 heavy (non-hydrogen) atoms. The molecular weight excluding hydrogens is 246 g/mol. The maximum absolute atomic E-state index is 5.65. The summed E-state index contributed by atoms with van der Waals surface area (Å²) in [6, 6.07) is 8.29. The van der Waals surface area contributed by atoms with E-state index in [0.717, 1.165) is 31.1 Å². The predicted molar refractivity (Wildman–Crippen MR) is 78.5 cm³/mol. The van der Waals surface area contributed by atoms with Crippen molar-refractivity contribution in [2.75, 3.05) is 26.6 Å². The van der Waals surface area contributed by atoms with Crippen molar-refractivity contribution >= 4 is 11.6 Å². The van der Waals surface area contributed by atoms with Crippen molar-refractivity contribution in [3.05, 3.63) is 29.8 Å². The average molecular weight is 270 g/mol.